The molecular weight excluding hydrogens is 408 g/mol. The van der Waals surface area contributed by atoms with Crippen LogP contribution in [0.1, 0.15) is 22.1 Å². The Labute approximate surface area is 185 Å². The van der Waals surface area contributed by atoms with E-state index in [4.69, 9.17) is 4.99 Å². The third-order valence-electron chi connectivity index (χ3n) is 4.98. The lowest BCUT2D eigenvalue weighted by Gasteiger charge is -2.12. The normalized spacial score (nSPS) is 11.6. The third kappa shape index (κ3) is 5.58. The molecule has 4 rings (SSSR count). The lowest BCUT2D eigenvalue weighted by atomic mass is 10.1. The number of hydrogen-bond donors (Lipinski definition) is 2. The smallest absolute Gasteiger partial charge is 0.192 e. The number of aromatic nitrogens is 5. The van der Waals surface area contributed by atoms with Gasteiger partial charge in [-0.2, -0.15) is 5.10 Å². The Morgan fingerprint density at radius 2 is 1.97 bits per heavy atom. The molecular formula is C22H26N8S. The van der Waals surface area contributed by atoms with E-state index in [9.17, 15) is 0 Å². The van der Waals surface area contributed by atoms with Crippen LogP contribution in [0.25, 0.3) is 5.69 Å². The van der Waals surface area contributed by atoms with Gasteiger partial charge in [0.2, 0.25) is 0 Å². The van der Waals surface area contributed by atoms with Gasteiger partial charge in [-0.05, 0) is 48.6 Å². The molecule has 3 heterocycles. The van der Waals surface area contributed by atoms with Crippen molar-refractivity contribution in [1.29, 1.82) is 0 Å². The molecule has 8 nitrogen and oxygen atoms in total. The minimum Gasteiger partial charge on any atom is -0.356 e. The molecule has 0 radical (unpaired) electrons. The van der Waals surface area contributed by atoms with E-state index in [1.807, 2.05) is 35.5 Å². The summed E-state index contributed by atoms with van der Waals surface area (Å²) in [6.07, 6.45) is 4.61. The van der Waals surface area contributed by atoms with Crippen LogP contribution in [0.3, 0.4) is 0 Å². The summed E-state index contributed by atoms with van der Waals surface area (Å²) in [5, 5.41) is 21.5. The van der Waals surface area contributed by atoms with Crippen molar-refractivity contribution < 1.29 is 0 Å². The maximum Gasteiger partial charge on any atom is 0.192 e. The summed E-state index contributed by atoms with van der Waals surface area (Å²) in [6, 6.07) is 14.5. The van der Waals surface area contributed by atoms with Crippen LogP contribution < -0.4 is 10.6 Å². The zero-order chi connectivity index (χ0) is 21.5. The average molecular weight is 435 g/mol. The molecule has 0 unspecified atom stereocenters. The van der Waals surface area contributed by atoms with Crippen LogP contribution >= 0.6 is 11.3 Å². The zero-order valence-corrected chi connectivity index (χ0v) is 18.5. The van der Waals surface area contributed by atoms with Crippen molar-refractivity contribution in [2.24, 2.45) is 12.0 Å². The minimum atomic E-state index is 0.468. The molecule has 0 aliphatic heterocycles. The van der Waals surface area contributed by atoms with Gasteiger partial charge in [0.05, 0.1) is 12.2 Å². The molecule has 31 heavy (non-hydrogen) atoms. The SMILES string of the molecule is Cc1nnc(CN=C(NCCc2ccc(-n3cccn3)cc2)NCc2cccs2)n1C. The maximum atomic E-state index is 4.71. The fraction of sp³-hybridized carbons (Fsp3) is 0.273. The van der Waals surface area contributed by atoms with Crippen molar-refractivity contribution in [3.05, 3.63) is 82.3 Å². The van der Waals surface area contributed by atoms with E-state index < -0.39 is 0 Å². The van der Waals surface area contributed by atoms with E-state index in [0.717, 1.165) is 42.8 Å². The number of aliphatic imine (C=N–C) groups is 1. The zero-order valence-electron chi connectivity index (χ0n) is 17.7. The molecule has 4 aromatic rings. The third-order valence-corrected chi connectivity index (χ3v) is 5.86. The summed E-state index contributed by atoms with van der Waals surface area (Å²) in [5.41, 5.74) is 2.31. The first-order valence-corrected chi connectivity index (χ1v) is 11.1. The van der Waals surface area contributed by atoms with Crippen molar-refractivity contribution in [3.8, 4) is 5.69 Å². The standard InChI is InChI=1S/C22H26N8S/c1-17-27-28-21(29(17)2)16-25-22(24-15-20-5-3-14-31-20)23-12-10-18-6-8-19(9-7-18)30-13-4-11-26-30/h3-9,11,13-14H,10,12,15-16H2,1-2H3,(H2,23,24,25). The molecule has 1 aromatic carbocycles. The molecule has 2 N–H and O–H groups in total. The van der Waals surface area contributed by atoms with Crippen LogP contribution in [0.2, 0.25) is 0 Å². The van der Waals surface area contributed by atoms with Gasteiger partial charge in [-0.15, -0.1) is 21.5 Å². The van der Waals surface area contributed by atoms with Gasteiger partial charge in [0.25, 0.3) is 0 Å². The summed E-state index contributed by atoms with van der Waals surface area (Å²) in [4.78, 5) is 5.97. The van der Waals surface area contributed by atoms with Crippen molar-refractivity contribution in [3.63, 3.8) is 0 Å². The highest BCUT2D eigenvalue weighted by atomic mass is 32.1. The maximum absolute atomic E-state index is 4.71. The van der Waals surface area contributed by atoms with Crippen LogP contribution in [0.15, 0.2) is 65.2 Å². The molecule has 0 amide bonds. The Bertz CT molecular complexity index is 1100. The number of rotatable bonds is 8. The van der Waals surface area contributed by atoms with Crippen molar-refractivity contribution in [1.82, 2.24) is 35.2 Å². The van der Waals surface area contributed by atoms with Gasteiger partial charge in [0.15, 0.2) is 11.8 Å². The van der Waals surface area contributed by atoms with Crippen LogP contribution in [0, 0.1) is 6.92 Å². The van der Waals surface area contributed by atoms with Gasteiger partial charge in [-0.1, -0.05) is 18.2 Å². The molecule has 0 bridgehead atoms. The monoisotopic (exact) mass is 434 g/mol. The Morgan fingerprint density at radius 1 is 1.10 bits per heavy atom. The summed E-state index contributed by atoms with van der Waals surface area (Å²) < 4.78 is 3.82. The van der Waals surface area contributed by atoms with Crippen molar-refractivity contribution in [2.45, 2.75) is 26.4 Å². The number of nitrogens with one attached hydrogen (secondary N) is 2. The Morgan fingerprint density at radius 3 is 2.65 bits per heavy atom. The molecule has 0 spiro atoms. The quantitative estimate of drug-likeness (QED) is 0.329. The number of thiophene rings is 1. The van der Waals surface area contributed by atoms with Gasteiger partial charge >= 0.3 is 0 Å². The summed E-state index contributed by atoms with van der Waals surface area (Å²) in [6.45, 7) is 3.91. The molecule has 0 fully saturated rings. The average Bonchev–Trinajstić information content (AvgIpc) is 3.55. The first-order valence-electron chi connectivity index (χ1n) is 10.2. The molecule has 3 aromatic heterocycles. The second-order valence-corrected chi connectivity index (χ2v) is 8.15. The highest BCUT2D eigenvalue weighted by Gasteiger charge is 2.06. The molecule has 0 aliphatic rings. The van der Waals surface area contributed by atoms with Crippen LogP contribution in [-0.2, 0) is 26.6 Å². The molecule has 160 valence electrons. The van der Waals surface area contributed by atoms with Gasteiger partial charge in [0.1, 0.15) is 12.4 Å². The van der Waals surface area contributed by atoms with Crippen LogP contribution in [-0.4, -0.2) is 37.0 Å². The van der Waals surface area contributed by atoms with E-state index in [2.05, 4.69) is 67.7 Å². The van der Waals surface area contributed by atoms with Gasteiger partial charge in [-0.3, -0.25) is 0 Å². The molecule has 0 atom stereocenters. The number of hydrogen-bond acceptors (Lipinski definition) is 5. The summed E-state index contributed by atoms with van der Waals surface area (Å²) >= 11 is 1.73. The number of nitrogens with zero attached hydrogens (tertiary/aromatic N) is 6. The molecule has 0 saturated heterocycles. The Hall–Kier alpha value is -3.46. The first kappa shape index (κ1) is 20.8. The van der Waals surface area contributed by atoms with Crippen molar-refractivity contribution >= 4 is 17.3 Å². The first-order chi connectivity index (χ1) is 15.2. The number of benzene rings is 1. The highest BCUT2D eigenvalue weighted by molar-refractivity contribution is 7.09. The molecule has 9 heteroatoms. The van der Waals surface area contributed by atoms with E-state index >= 15 is 0 Å². The lowest BCUT2D eigenvalue weighted by molar-refractivity contribution is 0.749. The van der Waals surface area contributed by atoms with Crippen molar-refractivity contribution in [2.75, 3.05) is 6.54 Å². The van der Waals surface area contributed by atoms with Gasteiger partial charge in [-0.25, -0.2) is 9.67 Å². The summed E-state index contributed by atoms with van der Waals surface area (Å²) in [5.74, 6) is 2.48. The highest BCUT2D eigenvalue weighted by Crippen LogP contribution is 2.09. The topological polar surface area (TPSA) is 85.0 Å². The van der Waals surface area contributed by atoms with Crippen LogP contribution in [0.5, 0.6) is 0 Å². The van der Waals surface area contributed by atoms with Gasteiger partial charge in [0, 0.05) is 30.9 Å². The Balaban J connectivity index is 1.35. The second kappa shape index (κ2) is 10.0. The summed E-state index contributed by atoms with van der Waals surface area (Å²) in [7, 11) is 1.96. The molecule has 0 aliphatic carbocycles. The van der Waals surface area contributed by atoms with Gasteiger partial charge < -0.3 is 15.2 Å². The van der Waals surface area contributed by atoms with E-state index in [1.165, 1.54) is 10.4 Å². The largest absolute Gasteiger partial charge is 0.356 e. The minimum absolute atomic E-state index is 0.468. The van der Waals surface area contributed by atoms with Crippen LogP contribution in [0.4, 0.5) is 0 Å². The predicted molar refractivity (Wildman–Crippen MR) is 123 cm³/mol. The number of aryl methyl sites for hydroxylation is 1. The predicted octanol–water partition coefficient (Wildman–Crippen LogP) is 2.85. The number of guanidine groups is 1. The molecule has 0 saturated carbocycles. The van der Waals surface area contributed by atoms with E-state index in [0.29, 0.717) is 6.54 Å². The fourth-order valence-corrected chi connectivity index (χ4v) is 3.70. The van der Waals surface area contributed by atoms with E-state index in [-0.39, 0.29) is 0 Å². The Kier molecular flexibility index (Phi) is 6.73. The fourth-order valence-electron chi connectivity index (χ4n) is 3.06. The second-order valence-electron chi connectivity index (χ2n) is 7.11. The lowest BCUT2D eigenvalue weighted by Crippen LogP contribution is -2.38. The van der Waals surface area contributed by atoms with E-state index in [1.54, 1.807) is 17.5 Å².